The minimum Gasteiger partial charge on any atom is -0.473 e. The maximum atomic E-state index is 11.9. The van der Waals surface area contributed by atoms with Crippen molar-refractivity contribution in [3.8, 4) is 5.88 Å². The van der Waals surface area contributed by atoms with E-state index in [1.165, 1.54) is 36.6 Å². The third kappa shape index (κ3) is 9.97. The standard InChI is InChI=1S/C26H33N3O4S/c30-24(21-34-18-17-33-26(31)23-9-3-1-4-10-23)27-12-5-8-16-32-25-19-22(11-13-28-25)20-29-14-6-2-7-15-29/h1,3-5,8-11,13,19H,2,6-7,12,14-18,20-21H2,(H,27,30). The minimum atomic E-state index is -0.345. The highest BCUT2D eigenvalue weighted by atomic mass is 32.2. The molecular formula is C26H33N3O4S. The second kappa shape index (κ2) is 15.1. The predicted molar refractivity (Wildman–Crippen MR) is 135 cm³/mol. The van der Waals surface area contributed by atoms with Crippen LogP contribution in [-0.4, -0.2) is 66.1 Å². The molecule has 1 saturated heterocycles. The van der Waals surface area contributed by atoms with Gasteiger partial charge in [-0.25, -0.2) is 9.78 Å². The first-order chi connectivity index (χ1) is 16.7. The molecule has 1 aliphatic rings. The number of nitrogens with zero attached hydrogens (tertiary/aromatic N) is 2. The Morgan fingerprint density at radius 2 is 1.91 bits per heavy atom. The number of likely N-dealkylation sites (tertiary alicyclic amines) is 1. The van der Waals surface area contributed by atoms with Crippen LogP contribution in [0, 0.1) is 0 Å². The van der Waals surface area contributed by atoms with Crippen molar-refractivity contribution in [2.75, 3.05) is 44.4 Å². The SMILES string of the molecule is O=C(CSCCOC(=O)c1ccccc1)NCC=CCOc1cc(CN2CCCCC2)ccn1. The Morgan fingerprint density at radius 1 is 1.09 bits per heavy atom. The molecule has 0 spiro atoms. The molecule has 2 heterocycles. The zero-order valence-electron chi connectivity index (χ0n) is 19.5. The van der Waals surface area contributed by atoms with Crippen molar-refractivity contribution < 1.29 is 19.1 Å². The summed E-state index contributed by atoms with van der Waals surface area (Å²) in [6, 6.07) is 12.9. The number of piperidine rings is 1. The fourth-order valence-electron chi connectivity index (χ4n) is 3.53. The van der Waals surface area contributed by atoms with Crippen molar-refractivity contribution in [3.63, 3.8) is 0 Å². The summed E-state index contributed by atoms with van der Waals surface area (Å²) in [4.78, 5) is 30.5. The Bertz CT molecular complexity index is 917. The lowest BCUT2D eigenvalue weighted by Crippen LogP contribution is -2.29. The van der Waals surface area contributed by atoms with Gasteiger partial charge in [0.1, 0.15) is 13.2 Å². The van der Waals surface area contributed by atoms with Crippen molar-refractivity contribution in [1.82, 2.24) is 15.2 Å². The maximum absolute atomic E-state index is 11.9. The second-order valence-electron chi connectivity index (χ2n) is 7.98. The predicted octanol–water partition coefficient (Wildman–Crippen LogP) is 3.71. The molecule has 0 unspecified atom stereocenters. The molecule has 0 saturated carbocycles. The molecule has 1 fully saturated rings. The van der Waals surface area contributed by atoms with Gasteiger partial charge in [0.25, 0.3) is 0 Å². The van der Waals surface area contributed by atoms with Gasteiger partial charge in [0.2, 0.25) is 11.8 Å². The van der Waals surface area contributed by atoms with Crippen molar-refractivity contribution in [3.05, 3.63) is 71.9 Å². The summed E-state index contributed by atoms with van der Waals surface area (Å²) in [6.07, 6.45) is 9.41. The first kappa shape index (κ1) is 25.8. The number of nitrogens with one attached hydrogen (secondary N) is 1. The average Bonchev–Trinajstić information content (AvgIpc) is 2.87. The van der Waals surface area contributed by atoms with Gasteiger partial charge in [-0.3, -0.25) is 9.69 Å². The van der Waals surface area contributed by atoms with Gasteiger partial charge < -0.3 is 14.8 Å². The number of esters is 1. The number of benzene rings is 1. The molecule has 1 aliphatic heterocycles. The molecule has 1 aromatic heterocycles. The molecule has 34 heavy (non-hydrogen) atoms. The van der Waals surface area contributed by atoms with Crippen molar-refractivity contribution >= 4 is 23.6 Å². The summed E-state index contributed by atoms with van der Waals surface area (Å²) in [5, 5.41) is 2.83. The van der Waals surface area contributed by atoms with E-state index in [0.29, 0.717) is 36.1 Å². The van der Waals surface area contributed by atoms with E-state index in [2.05, 4.69) is 15.2 Å². The molecule has 7 nitrogen and oxygen atoms in total. The van der Waals surface area contributed by atoms with Crippen LogP contribution in [0.25, 0.3) is 0 Å². The van der Waals surface area contributed by atoms with E-state index >= 15 is 0 Å². The summed E-state index contributed by atoms with van der Waals surface area (Å²) < 4.78 is 10.9. The number of hydrogen-bond acceptors (Lipinski definition) is 7. The minimum absolute atomic E-state index is 0.0583. The molecule has 1 aromatic carbocycles. The number of hydrogen-bond donors (Lipinski definition) is 1. The maximum Gasteiger partial charge on any atom is 0.338 e. The first-order valence-electron chi connectivity index (χ1n) is 11.7. The largest absolute Gasteiger partial charge is 0.473 e. The highest BCUT2D eigenvalue weighted by Crippen LogP contribution is 2.15. The summed E-state index contributed by atoms with van der Waals surface area (Å²) >= 11 is 1.43. The van der Waals surface area contributed by atoms with Crippen molar-refractivity contribution in [2.45, 2.75) is 25.8 Å². The van der Waals surface area contributed by atoms with E-state index in [9.17, 15) is 9.59 Å². The number of carbonyl (C=O) groups is 2. The molecule has 0 bridgehead atoms. The molecular weight excluding hydrogens is 450 g/mol. The fourth-order valence-corrected chi connectivity index (χ4v) is 4.16. The molecule has 182 valence electrons. The Morgan fingerprint density at radius 3 is 2.74 bits per heavy atom. The second-order valence-corrected chi connectivity index (χ2v) is 9.09. The van der Waals surface area contributed by atoms with Gasteiger partial charge in [-0.05, 0) is 55.8 Å². The van der Waals surface area contributed by atoms with Crippen LogP contribution in [-0.2, 0) is 16.1 Å². The fraction of sp³-hybridized carbons (Fsp3) is 0.423. The summed E-state index contributed by atoms with van der Waals surface area (Å²) in [5.41, 5.74) is 1.75. The zero-order valence-corrected chi connectivity index (χ0v) is 20.3. The number of rotatable bonds is 13. The van der Waals surface area contributed by atoms with E-state index in [-0.39, 0.29) is 18.5 Å². The summed E-state index contributed by atoms with van der Waals surface area (Å²) in [5.74, 6) is 1.10. The van der Waals surface area contributed by atoms with E-state index < -0.39 is 0 Å². The van der Waals surface area contributed by atoms with Crippen LogP contribution in [0.1, 0.15) is 35.2 Å². The van der Waals surface area contributed by atoms with Crippen LogP contribution in [0.2, 0.25) is 0 Å². The average molecular weight is 484 g/mol. The normalized spacial score (nSPS) is 14.1. The third-order valence-corrected chi connectivity index (χ3v) is 6.19. The lowest BCUT2D eigenvalue weighted by atomic mass is 10.1. The van der Waals surface area contributed by atoms with Crippen LogP contribution in [0.15, 0.2) is 60.8 Å². The Balaban J connectivity index is 1.21. The monoisotopic (exact) mass is 483 g/mol. The van der Waals surface area contributed by atoms with E-state index in [1.807, 2.05) is 30.4 Å². The molecule has 0 aliphatic carbocycles. The van der Waals surface area contributed by atoms with Gasteiger partial charge in [-0.1, -0.05) is 30.7 Å². The van der Waals surface area contributed by atoms with Crippen LogP contribution >= 0.6 is 11.8 Å². The number of pyridine rings is 1. The topological polar surface area (TPSA) is 80.8 Å². The quantitative estimate of drug-likeness (QED) is 0.264. The van der Waals surface area contributed by atoms with Gasteiger partial charge in [0.15, 0.2) is 0 Å². The van der Waals surface area contributed by atoms with Crippen LogP contribution in [0.5, 0.6) is 5.88 Å². The molecule has 0 radical (unpaired) electrons. The van der Waals surface area contributed by atoms with E-state index in [0.717, 1.165) is 19.6 Å². The number of carbonyl (C=O) groups excluding carboxylic acids is 2. The third-order valence-electron chi connectivity index (χ3n) is 5.27. The number of aromatic nitrogens is 1. The Hall–Kier alpha value is -2.84. The van der Waals surface area contributed by atoms with Gasteiger partial charge >= 0.3 is 5.97 Å². The molecule has 3 rings (SSSR count). The van der Waals surface area contributed by atoms with Crippen LogP contribution in [0.4, 0.5) is 0 Å². The highest BCUT2D eigenvalue weighted by Gasteiger charge is 2.11. The van der Waals surface area contributed by atoms with Gasteiger partial charge in [-0.2, -0.15) is 0 Å². The highest BCUT2D eigenvalue weighted by molar-refractivity contribution is 7.99. The first-order valence-corrected chi connectivity index (χ1v) is 12.9. The van der Waals surface area contributed by atoms with Gasteiger partial charge in [-0.15, -0.1) is 11.8 Å². The molecule has 0 atom stereocenters. The smallest absolute Gasteiger partial charge is 0.338 e. The lowest BCUT2D eigenvalue weighted by molar-refractivity contribution is -0.118. The van der Waals surface area contributed by atoms with E-state index in [4.69, 9.17) is 9.47 Å². The molecule has 1 N–H and O–H groups in total. The molecule has 2 aromatic rings. The Kier molecular flexibility index (Phi) is 11.5. The number of amides is 1. The van der Waals surface area contributed by atoms with Crippen LogP contribution < -0.4 is 10.1 Å². The van der Waals surface area contributed by atoms with Crippen molar-refractivity contribution in [1.29, 1.82) is 0 Å². The summed E-state index contributed by atoms with van der Waals surface area (Å²) in [7, 11) is 0. The number of ether oxygens (including phenoxy) is 2. The molecule has 1 amide bonds. The zero-order chi connectivity index (χ0) is 23.8. The van der Waals surface area contributed by atoms with Crippen molar-refractivity contribution in [2.24, 2.45) is 0 Å². The summed E-state index contributed by atoms with van der Waals surface area (Å²) in [6.45, 7) is 4.37. The molecule has 8 heteroatoms. The van der Waals surface area contributed by atoms with Gasteiger partial charge in [0.05, 0.1) is 11.3 Å². The van der Waals surface area contributed by atoms with Crippen LogP contribution in [0.3, 0.4) is 0 Å². The van der Waals surface area contributed by atoms with Gasteiger partial charge in [0, 0.05) is 31.1 Å². The number of thioether (sulfide) groups is 1. The lowest BCUT2D eigenvalue weighted by Gasteiger charge is -2.26. The Labute approximate surface area is 205 Å². The van der Waals surface area contributed by atoms with E-state index in [1.54, 1.807) is 30.5 Å².